The molecule has 142 valence electrons. The number of hydrogen-bond acceptors (Lipinski definition) is 5. The van der Waals surface area contributed by atoms with E-state index in [1.165, 1.54) is 0 Å². The van der Waals surface area contributed by atoms with E-state index < -0.39 is 0 Å². The Balaban J connectivity index is 1.54. The van der Waals surface area contributed by atoms with E-state index in [1.54, 1.807) is 6.21 Å². The normalized spacial score (nSPS) is 13.0. The highest BCUT2D eigenvalue weighted by Gasteiger charge is 2.12. The quantitative estimate of drug-likeness (QED) is 0.627. The Hall–Kier alpha value is -3.02. The van der Waals surface area contributed by atoms with Crippen molar-refractivity contribution >= 4 is 12.1 Å². The maximum absolute atomic E-state index is 12.0. The number of nitrogens with zero attached hydrogens (tertiary/aromatic N) is 1. The molecule has 2 aromatic rings. The predicted molar refractivity (Wildman–Crippen MR) is 104 cm³/mol. The molecule has 1 N–H and O–H groups in total. The molecule has 3 rings (SSSR count). The van der Waals surface area contributed by atoms with Crippen LogP contribution in [0.4, 0.5) is 0 Å². The van der Waals surface area contributed by atoms with Crippen LogP contribution in [0, 0.1) is 6.92 Å². The summed E-state index contributed by atoms with van der Waals surface area (Å²) in [5.74, 6) is 2.13. The number of aryl methyl sites for hydroxylation is 1. The van der Waals surface area contributed by atoms with Gasteiger partial charge in [-0.05, 0) is 53.8 Å². The molecule has 6 heteroatoms. The molecule has 1 aliphatic rings. The summed E-state index contributed by atoms with van der Waals surface area (Å²) in [6.07, 6.45) is 1.56. The first-order valence-electron chi connectivity index (χ1n) is 8.98. The van der Waals surface area contributed by atoms with Crippen LogP contribution in [-0.4, -0.2) is 31.9 Å². The highest BCUT2D eigenvalue weighted by molar-refractivity contribution is 5.83. The van der Waals surface area contributed by atoms with Gasteiger partial charge in [-0.25, -0.2) is 5.43 Å². The molecule has 1 aliphatic heterocycles. The number of hydrogen-bond donors (Lipinski definition) is 1. The summed E-state index contributed by atoms with van der Waals surface area (Å²) in [7, 11) is 0. The van der Waals surface area contributed by atoms with Crippen molar-refractivity contribution in [1.29, 1.82) is 0 Å². The molecule has 2 aromatic carbocycles. The Morgan fingerprint density at radius 1 is 1.19 bits per heavy atom. The summed E-state index contributed by atoms with van der Waals surface area (Å²) in [4.78, 5) is 12.0. The molecule has 0 radical (unpaired) electrons. The van der Waals surface area contributed by atoms with Crippen LogP contribution in [0.3, 0.4) is 0 Å². The molecule has 0 spiro atoms. The van der Waals surface area contributed by atoms with Crippen LogP contribution >= 0.6 is 0 Å². The van der Waals surface area contributed by atoms with Gasteiger partial charge in [0.05, 0.1) is 6.21 Å². The van der Waals surface area contributed by atoms with Crippen molar-refractivity contribution in [2.45, 2.75) is 26.7 Å². The molecule has 0 fully saturated rings. The third-order valence-electron chi connectivity index (χ3n) is 4.12. The number of amides is 1. The van der Waals surface area contributed by atoms with Crippen molar-refractivity contribution in [2.75, 3.05) is 19.8 Å². The second-order valence-corrected chi connectivity index (χ2v) is 6.68. The lowest BCUT2D eigenvalue weighted by molar-refractivity contribution is -0.123. The SMILES string of the molecule is Cc1ccc(C(C)C)c(OCC(=O)N/N=C/c2ccc3c(c2)OCCO3)c1. The van der Waals surface area contributed by atoms with Crippen molar-refractivity contribution < 1.29 is 19.0 Å². The van der Waals surface area contributed by atoms with Gasteiger partial charge in [0.15, 0.2) is 18.1 Å². The maximum atomic E-state index is 12.0. The number of carbonyl (C=O) groups is 1. The Labute approximate surface area is 159 Å². The lowest BCUT2D eigenvalue weighted by Gasteiger charge is -2.18. The molecule has 0 saturated carbocycles. The first-order chi connectivity index (χ1) is 13.0. The zero-order valence-corrected chi connectivity index (χ0v) is 15.8. The van der Waals surface area contributed by atoms with Crippen LogP contribution in [0.25, 0.3) is 0 Å². The summed E-state index contributed by atoms with van der Waals surface area (Å²) in [6, 6.07) is 11.5. The summed E-state index contributed by atoms with van der Waals surface area (Å²) in [5.41, 5.74) is 5.45. The molecular weight excluding hydrogens is 344 g/mol. The van der Waals surface area contributed by atoms with Gasteiger partial charge < -0.3 is 14.2 Å². The van der Waals surface area contributed by atoms with Crippen LogP contribution in [0.2, 0.25) is 0 Å². The van der Waals surface area contributed by atoms with Crippen molar-refractivity contribution in [3.63, 3.8) is 0 Å². The van der Waals surface area contributed by atoms with Crippen molar-refractivity contribution in [2.24, 2.45) is 5.10 Å². The van der Waals surface area contributed by atoms with E-state index in [1.807, 2.05) is 43.3 Å². The first kappa shape index (κ1) is 18.8. The summed E-state index contributed by atoms with van der Waals surface area (Å²) < 4.78 is 16.7. The van der Waals surface area contributed by atoms with Crippen LogP contribution in [0.15, 0.2) is 41.5 Å². The van der Waals surface area contributed by atoms with E-state index >= 15 is 0 Å². The van der Waals surface area contributed by atoms with Gasteiger partial charge in [0, 0.05) is 0 Å². The molecule has 0 atom stereocenters. The third-order valence-corrected chi connectivity index (χ3v) is 4.12. The zero-order chi connectivity index (χ0) is 19.2. The fraction of sp³-hybridized carbons (Fsp3) is 0.333. The van der Waals surface area contributed by atoms with Crippen molar-refractivity contribution in [3.8, 4) is 17.2 Å². The van der Waals surface area contributed by atoms with Gasteiger partial charge in [-0.1, -0.05) is 26.0 Å². The molecular formula is C21H24N2O4. The fourth-order valence-electron chi connectivity index (χ4n) is 2.74. The number of nitrogens with one attached hydrogen (secondary N) is 1. The third kappa shape index (κ3) is 5.00. The lowest BCUT2D eigenvalue weighted by Crippen LogP contribution is -2.25. The van der Waals surface area contributed by atoms with Gasteiger partial charge in [-0.15, -0.1) is 0 Å². The standard InChI is InChI=1S/C21H24N2O4/c1-14(2)17-6-4-15(3)10-19(17)27-13-21(24)23-22-12-16-5-7-18-20(11-16)26-9-8-25-18/h4-7,10-12,14H,8-9,13H2,1-3H3,(H,23,24)/b22-12+. The van der Waals surface area contributed by atoms with Gasteiger partial charge in [0.25, 0.3) is 5.91 Å². The average Bonchev–Trinajstić information content (AvgIpc) is 2.66. The zero-order valence-electron chi connectivity index (χ0n) is 15.8. The minimum Gasteiger partial charge on any atom is -0.486 e. The fourth-order valence-corrected chi connectivity index (χ4v) is 2.74. The Morgan fingerprint density at radius 2 is 1.96 bits per heavy atom. The Morgan fingerprint density at radius 3 is 2.74 bits per heavy atom. The minimum atomic E-state index is -0.319. The summed E-state index contributed by atoms with van der Waals surface area (Å²) in [5, 5.41) is 3.98. The van der Waals surface area contributed by atoms with Crippen molar-refractivity contribution in [1.82, 2.24) is 5.43 Å². The highest BCUT2D eigenvalue weighted by atomic mass is 16.6. The monoisotopic (exact) mass is 368 g/mol. The molecule has 27 heavy (non-hydrogen) atoms. The van der Waals surface area contributed by atoms with Gasteiger partial charge >= 0.3 is 0 Å². The van der Waals surface area contributed by atoms with Crippen LogP contribution in [-0.2, 0) is 4.79 Å². The number of ether oxygens (including phenoxy) is 3. The Kier molecular flexibility index (Phi) is 5.96. The minimum absolute atomic E-state index is 0.0956. The van der Waals surface area contributed by atoms with Gasteiger partial charge in [0.1, 0.15) is 19.0 Å². The number of benzene rings is 2. The predicted octanol–water partition coefficient (Wildman–Crippen LogP) is 3.42. The summed E-state index contributed by atoms with van der Waals surface area (Å²) in [6.45, 7) is 7.16. The average molecular weight is 368 g/mol. The molecule has 0 saturated heterocycles. The number of carbonyl (C=O) groups excluding carboxylic acids is 1. The van der Waals surface area contributed by atoms with E-state index in [-0.39, 0.29) is 12.5 Å². The molecule has 0 aliphatic carbocycles. The number of hydrazone groups is 1. The Bertz CT molecular complexity index is 846. The molecule has 1 amide bonds. The van der Waals surface area contributed by atoms with Gasteiger partial charge in [-0.3, -0.25) is 4.79 Å². The number of rotatable bonds is 6. The maximum Gasteiger partial charge on any atom is 0.277 e. The smallest absolute Gasteiger partial charge is 0.277 e. The first-order valence-corrected chi connectivity index (χ1v) is 8.98. The molecule has 0 unspecified atom stereocenters. The van der Waals surface area contributed by atoms with Crippen LogP contribution in [0.5, 0.6) is 17.2 Å². The van der Waals surface area contributed by atoms with E-state index in [9.17, 15) is 4.79 Å². The van der Waals surface area contributed by atoms with E-state index in [4.69, 9.17) is 14.2 Å². The highest BCUT2D eigenvalue weighted by Crippen LogP contribution is 2.30. The second kappa shape index (κ2) is 8.58. The van der Waals surface area contributed by atoms with E-state index in [2.05, 4.69) is 24.4 Å². The van der Waals surface area contributed by atoms with E-state index in [0.29, 0.717) is 24.9 Å². The lowest BCUT2D eigenvalue weighted by atomic mass is 10.0. The van der Waals surface area contributed by atoms with Crippen molar-refractivity contribution in [3.05, 3.63) is 53.1 Å². The number of fused-ring (bicyclic) bond motifs is 1. The second-order valence-electron chi connectivity index (χ2n) is 6.68. The largest absolute Gasteiger partial charge is 0.486 e. The molecule has 6 nitrogen and oxygen atoms in total. The van der Waals surface area contributed by atoms with Crippen LogP contribution in [0.1, 0.15) is 36.5 Å². The molecule has 1 heterocycles. The molecule has 0 bridgehead atoms. The van der Waals surface area contributed by atoms with Gasteiger partial charge in [0.2, 0.25) is 0 Å². The van der Waals surface area contributed by atoms with Gasteiger partial charge in [-0.2, -0.15) is 5.10 Å². The van der Waals surface area contributed by atoms with E-state index in [0.717, 1.165) is 28.2 Å². The summed E-state index contributed by atoms with van der Waals surface area (Å²) >= 11 is 0. The van der Waals surface area contributed by atoms with Crippen LogP contribution < -0.4 is 19.6 Å². The molecule has 0 aromatic heterocycles. The topological polar surface area (TPSA) is 69.2 Å².